The van der Waals surface area contributed by atoms with Crippen molar-refractivity contribution >= 4 is 39.5 Å². The van der Waals surface area contributed by atoms with Gasteiger partial charge in [0.15, 0.2) is 0 Å². The summed E-state index contributed by atoms with van der Waals surface area (Å²) in [6.07, 6.45) is 1.57. The van der Waals surface area contributed by atoms with Crippen LogP contribution in [0.3, 0.4) is 0 Å². The third kappa shape index (κ3) is 5.42. The Kier molecular flexibility index (Phi) is 6.58. The van der Waals surface area contributed by atoms with Gasteiger partial charge in [0.2, 0.25) is 17.8 Å². The number of nitrogens with zero attached hydrogens (tertiary/aromatic N) is 5. The highest BCUT2D eigenvalue weighted by Crippen LogP contribution is 2.26. The van der Waals surface area contributed by atoms with Crippen LogP contribution >= 0.6 is 15.9 Å². The summed E-state index contributed by atoms with van der Waals surface area (Å²) < 4.78 is 1.01. The first kappa shape index (κ1) is 22.2. The maximum atomic E-state index is 6.21. The summed E-state index contributed by atoms with van der Waals surface area (Å²) in [6, 6.07) is 5.91. The van der Waals surface area contributed by atoms with Crippen LogP contribution in [-0.2, 0) is 0 Å². The molecule has 0 amide bonds. The summed E-state index contributed by atoms with van der Waals surface area (Å²) in [4.78, 5) is 18.2. The maximum Gasteiger partial charge on any atom is 0.233 e. The molecule has 168 valence electrons. The molecule has 10 nitrogen and oxygen atoms in total. The summed E-state index contributed by atoms with van der Waals surface area (Å²) in [7, 11) is 0. The van der Waals surface area contributed by atoms with Gasteiger partial charge < -0.3 is 38.1 Å². The normalized spacial score (nSPS) is 26.8. The Labute approximate surface area is 190 Å². The molecule has 0 radical (unpaired) electrons. The number of aryl methyl sites for hydroxylation is 1. The molecule has 1 aromatic carbocycles. The van der Waals surface area contributed by atoms with Crippen molar-refractivity contribution in [3.63, 3.8) is 0 Å². The Morgan fingerprint density at radius 1 is 0.839 bits per heavy atom. The standard InChI is InChI=1S/C20H31BrN10/c1-11-4-12(21)2-3-17(11)26-18-27-19(30-7-13(22)5-14(23)8-30)29-20(28-18)31-9-15(24)6-16(25)10-31/h2-4,13-16H,5-10,22-25H2,1H3,(H,26,27,28,29)/t13-,14+,15-,16+. The number of hydrogen-bond acceptors (Lipinski definition) is 10. The van der Waals surface area contributed by atoms with E-state index in [4.69, 9.17) is 37.9 Å². The molecular weight excluding hydrogens is 460 g/mol. The van der Waals surface area contributed by atoms with Crippen molar-refractivity contribution in [2.75, 3.05) is 41.3 Å². The number of rotatable bonds is 4. The zero-order valence-electron chi connectivity index (χ0n) is 17.7. The van der Waals surface area contributed by atoms with Crippen molar-refractivity contribution < 1.29 is 0 Å². The van der Waals surface area contributed by atoms with Crippen LogP contribution in [0.25, 0.3) is 0 Å². The molecule has 4 rings (SSSR count). The molecule has 0 aliphatic carbocycles. The van der Waals surface area contributed by atoms with Crippen LogP contribution in [0.15, 0.2) is 22.7 Å². The number of nitrogens with one attached hydrogen (secondary N) is 1. The minimum absolute atomic E-state index is 0.0223. The first-order chi connectivity index (χ1) is 14.8. The molecule has 0 bridgehead atoms. The number of piperidine rings is 2. The molecule has 2 saturated heterocycles. The topological polar surface area (TPSA) is 161 Å². The molecule has 2 fully saturated rings. The summed E-state index contributed by atoms with van der Waals surface area (Å²) in [5.74, 6) is 1.58. The molecule has 3 heterocycles. The maximum absolute atomic E-state index is 6.21. The van der Waals surface area contributed by atoms with Gasteiger partial charge in [0.25, 0.3) is 0 Å². The van der Waals surface area contributed by atoms with Gasteiger partial charge in [-0.2, -0.15) is 15.0 Å². The molecule has 0 spiro atoms. The predicted octanol–water partition coefficient (Wildman–Crippen LogP) is 0.416. The van der Waals surface area contributed by atoms with E-state index in [-0.39, 0.29) is 24.2 Å². The van der Waals surface area contributed by atoms with E-state index in [1.807, 2.05) is 34.9 Å². The van der Waals surface area contributed by atoms with Gasteiger partial charge in [0, 0.05) is 60.5 Å². The second-order valence-corrected chi connectivity index (χ2v) is 9.58. The number of aromatic nitrogens is 3. The van der Waals surface area contributed by atoms with Crippen molar-refractivity contribution in [1.82, 2.24) is 15.0 Å². The Bertz CT molecular complexity index is 861. The van der Waals surface area contributed by atoms with Crippen molar-refractivity contribution in [2.24, 2.45) is 22.9 Å². The third-order valence-corrected chi connectivity index (χ3v) is 6.14. The smallest absolute Gasteiger partial charge is 0.233 e. The van der Waals surface area contributed by atoms with Gasteiger partial charge in [-0.1, -0.05) is 15.9 Å². The second-order valence-electron chi connectivity index (χ2n) is 8.66. The number of halogens is 1. The van der Waals surface area contributed by atoms with Crippen LogP contribution in [0.4, 0.5) is 23.5 Å². The average molecular weight is 491 g/mol. The Morgan fingerprint density at radius 2 is 1.32 bits per heavy atom. The highest BCUT2D eigenvalue weighted by Gasteiger charge is 2.28. The summed E-state index contributed by atoms with van der Waals surface area (Å²) in [5.41, 5.74) is 26.8. The van der Waals surface area contributed by atoms with E-state index in [1.54, 1.807) is 0 Å². The van der Waals surface area contributed by atoms with Gasteiger partial charge in [-0.3, -0.25) is 0 Å². The predicted molar refractivity (Wildman–Crippen MR) is 128 cm³/mol. The van der Waals surface area contributed by atoms with Crippen LogP contribution in [0.2, 0.25) is 0 Å². The van der Waals surface area contributed by atoms with Gasteiger partial charge in [-0.05, 0) is 43.5 Å². The lowest BCUT2D eigenvalue weighted by atomic mass is 10.0. The lowest BCUT2D eigenvalue weighted by Crippen LogP contribution is -2.54. The molecule has 11 heteroatoms. The summed E-state index contributed by atoms with van der Waals surface area (Å²) in [5, 5.41) is 3.34. The van der Waals surface area contributed by atoms with Crippen LogP contribution in [0.1, 0.15) is 18.4 Å². The quantitative estimate of drug-likeness (QED) is 0.405. The van der Waals surface area contributed by atoms with E-state index in [9.17, 15) is 0 Å². The number of benzene rings is 1. The molecule has 2 aromatic rings. The van der Waals surface area contributed by atoms with Crippen LogP contribution < -0.4 is 38.1 Å². The summed E-state index contributed by atoms with van der Waals surface area (Å²) in [6.45, 7) is 4.61. The van der Waals surface area contributed by atoms with Gasteiger partial charge in [0.1, 0.15) is 0 Å². The summed E-state index contributed by atoms with van der Waals surface area (Å²) >= 11 is 3.50. The number of nitrogens with two attached hydrogens (primary N) is 4. The van der Waals surface area contributed by atoms with Gasteiger partial charge in [-0.15, -0.1) is 0 Å². The zero-order chi connectivity index (χ0) is 22.1. The van der Waals surface area contributed by atoms with E-state index < -0.39 is 0 Å². The number of hydrogen-bond donors (Lipinski definition) is 5. The van der Waals surface area contributed by atoms with Crippen molar-refractivity contribution in [2.45, 2.75) is 43.9 Å². The third-order valence-electron chi connectivity index (χ3n) is 5.64. The average Bonchev–Trinajstić information content (AvgIpc) is 2.68. The molecule has 4 atom stereocenters. The Hall–Kier alpha value is -2.05. The van der Waals surface area contributed by atoms with E-state index in [0.29, 0.717) is 44.0 Å². The molecule has 2 aliphatic rings. The highest BCUT2D eigenvalue weighted by molar-refractivity contribution is 9.10. The minimum Gasteiger partial charge on any atom is -0.338 e. The Morgan fingerprint density at radius 3 is 1.77 bits per heavy atom. The molecule has 9 N–H and O–H groups in total. The van der Waals surface area contributed by atoms with E-state index in [0.717, 1.165) is 28.6 Å². The first-order valence-corrected chi connectivity index (χ1v) is 11.4. The molecular formula is C20H31BrN10. The fourth-order valence-electron chi connectivity index (χ4n) is 4.26. The fraction of sp³-hybridized carbons (Fsp3) is 0.550. The largest absolute Gasteiger partial charge is 0.338 e. The second kappa shape index (κ2) is 9.21. The van der Waals surface area contributed by atoms with Gasteiger partial charge >= 0.3 is 0 Å². The number of anilines is 4. The van der Waals surface area contributed by atoms with Crippen molar-refractivity contribution in [1.29, 1.82) is 0 Å². The Balaban J connectivity index is 1.69. The van der Waals surface area contributed by atoms with Crippen LogP contribution in [0.5, 0.6) is 0 Å². The molecule has 2 aliphatic heterocycles. The van der Waals surface area contributed by atoms with E-state index in [1.165, 1.54) is 0 Å². The van der Waals surface area contributed by atoms with Gasteiger partial charge in [0.05, 0.1) is 0 Å². The SMILES string of the molecule is Cc1cc(Br)ccc1Nc1nc(N2C[C@H](N)C[C@H](N)C2)nc(N2C[C@H](N)C[C@H](N)C2)n1. The highest BCUT2D eigenvalue weighted by atomic mass is 79.9. The van der Waals surface area contributed by atoms with Crippen molar-refractivity contribution in [3.8, 4) is 0 Å². The van der Waals surface area contributed by atoms with E-state index in [2.05, 4.69) is 21.2 Å². The first-order valence-electron chi connectivity index (χ1n) is 10.6. The fourth-order valence-corrected chi connectivity index (χ4v) is 4.74. The molecule has 0 unspecified atom stereocenters. The molecule has 0 saturated carbocycles. The van der Waals surface area contributed by atoms with E-state index >= 15 is 0 Å². The monoisotopic (exact) mass is 490 g/mol. The van der Waals surface area contributed by atoms with Crippen molar-refractivity contribution in [3.05, 3.63) is 28.2 Å². The minimum atomic E-state index is -0.0223. The van der Waals surface area contributed by atoms with Gasteiger partial charge in [-0.25, -0.2) is 0 Å². The van der Waals surface area contributed by atoms with Crippen LogP contribution in [0, 0.1) is 6.92 Å². The zero-order valence-corrected chi connectivity index (χ0v) is 19.3. The lowest BCUT2D eigenvalue weighted by molar-refractivity contribution is 0.441. The van der Waals surface area contributed by atoms with Crippen LogP contribution in [-0.4, -0.2) is 65.3 Å². The molecule has 1 aromatic heterocycles. The molecule has 31 heavy (non-hydrogen) atoms. The lowest BCUT2D eigenvalue weighted by Gasteiger charge is -2.37.